The normalized spacial score (nSPS) is 10.9. The van der Waals surface area contributed by atoms with Crippen LogP contribution in [0.1, 0.15) is 13.3 Å². The number of para-hydroxylation sites is 1. The minimum Gasteiger partial charge on any atom is -0.334 e. The summed E-state index contributed by atoms with van der Waals surface area (Å²) in [6.07, 6.45) is 2.29. The molecule has 0 fully saturated rings. The number of urea groups is 1. The number of hydrogen-bond donors (Lipinski definition) is 2. The number of amides is 3. The van der Waals surface area contributed by atoms with Gasteiger partial charge in [-0.25, -0.2) is 4.79 Å². The molecular weight excluding hydrogens is 380 g/mol. The Morgan fingerprint density at radius 1 is 1.29 bits per heavy atom. The van der Waals surface area contributed by atoms with Crippen LogP contribution < -0.4 is 16.2 Å². The highest BCUT2D eigenvalue weighted by Gasteiger charge is 2.17. The lowest BCUT2D eigenvalue weighted by molar-refractivity contribution is -0.117. The standard InChI is InChI=1S/C18H20N6O3S/c1-3-9-19-16(27)20-14(25)11-28-18-22-21-17-23(10-4-2)15(26)12-7-5-6-8-13(12)24(17)18/h3,5-8H,1,4,9-11H2,2H3,(H2,19,20,25,27). The molecule has 0 aliphatic carbocycles. The van der Waals surface area contributed by atoms with Gasteiger partial charge in [-0.05, 0) is 18.6 Å². The van der Waals surface area contributed by atoms with Crippen molar-refractivity contribution < 1.29 is 9.59 Å². The number of benzene rings is 1. The molecule has 0 saturated carbocycles. The minimum absolute atomic E-state index is 0.0243. The molecule has 9 nitrogen and oxygen atoms in total. The van der Waals surface area contributed by atoms with E-state index in [0.717, 1.165) is 18.2 Å². The van der Waals surface area contributed by atoms with E-state index in [1.807, 2.05) is 19.1 Å². The maximum atomic E-state index is 12.8. The Balaban J connectivity index is 1.91. The Labute approximate surface area is 164 Å². The number of nitrogens with zero attached hydrogens (tertiary/aromatic N) is 4. The Morgan fingerprint density at radius 3 is 2.82 bits per heavy atom. The van der Waals surface area contributed by atoms with Crippen molar-refractivity contribution in [3.05, 3.63) is 47.3 Å². The molecule has 0 radical (unpaired) electrons. The van der Waals surface area contributed by atoms with Gasteiger partial charge in [0, 0.05) is 13.1 Å². The monoisotopic (exact) mass is 400 g/mol. The van der Waals surface area contributed by atoms with Crippen LogP contribution >= 0.6 is 11.8 Å². The molecule has 2 N–H and O–H groups in total. The van der Waals surface area contributed by atoms with Gasteiger partial charge in [-0.15, -0.1) is 16.8 Å². The van der Waals surface area contributed by atoms with Gasteiger partial charge >= 0.3 is 6.03 Å². The quantitative estimate of drug-likeness (QED) is 0.460. The summed E-state index contributed by atoms with van der Waals surface area (Å²) in [5.41, 5.74) is 0.553. The SMILES string of the molecule is C=CCNC(=O)NC(=O)CSc1nnc2n(CCC)c(=O)c3ccccc3n12. The van der Waals surface area contributed by atoms with Crippen molar-refractivity contribution in [2.45, 2.75) is 25.0 Å². The van der Waals surface area contributed by atoms with E-state index in [2.05, 4.69) is 27.4 Å². The van der Waals surface area contributed by atoms with Crippen molar-refractivity contribution >= 4 is 40.4 Å². The van der Waals surface area contributed by atoms with E-state index in [9.17, 15) is 14.4 Å². The van der Waals surface area contributed by atoms with Crippen LogP contribution in [0, 0.1) is 0 Å². The second kappa shape index (κ2) is 8.70. The van der Waals surface area contributed by atoms with Crippen LogP contribution in [0.4, 0.5) is 4.79 Å². The number of thioether (sulfide) groups is 1. The zero-order valence-electron chi connectivity index (χ0n) is 15.3. The Kier molecular flexibility index (Phi) is 6.09. The maximum Gasteiger partial charge on any atom is 0.321 e. The van der Waals surface area contributed by atoms with Crippen molar-refractivity contribution in [1.82, 2.24) is 29.8 Å². The van der Waals surface area contributed by atoms with Gasteiger partial charge < -0.3 is 5.32 Å². The molecule has 0 spiro atoms. The minimum atomic E-state index is -0.584. The molecule has 0 unspecified atom stereocenters. The number of imide groups is 1. The van der Waals surface area contributed by atoms with Crippen LogP contribution in [0.25, 0.3) is 16.7 Å². The fraction of sp³-hybridized carbons (Fsp3) is 0.278. The van der Waals surface area contributed by atoms with E-state index in [-0.39, 0.29) is 17.9 Å². The number of aryl methyl sites for hydroxylation is 1. The van der Waals surface area contributed by atoms with Gasteiger partial charge in [0.1, 0.15) is 0 Å². The molecule has 0 bridgehead atoms. The largest absolute Gasteiger partial charge is 0.334 e. The van der Waals surface area contributed by atoms with Gasteiger partial charge in [0.05, 0.1) is 16.7 Å². The van der Waals surface area contributed by atoms with E-state index < -0.39 is 11.9 Å². The molecule has 3 aromatic rings. The third-order valence-electron chi connectivity index (χ3n) is 3.92. The summed E-state index contributed by atoms with van der Waals surface area (Å²) in [6.45, 7) is 6.25. The molecule has 2 aromatic heterocycles. The third kappa shape index (κ3) is 3.91. The van der Waals surface area contributed by atoms with Crippen LogP contribution in [-0.4, -0.2) is 43.4 Å². The summed E-state index contributed by atoms with van der Waals surface area (Å²) in [7, 11) is 0. The summed E-state index contributed by atoms with van der Waals surface area (Å²) in [6, 6.07) is 6.62. The average Bonchev–Trinajstić information content (AvgIpc) is 3.12. The molecule has 10 heteroatoms. The first-order valence-electron chi connectivity index (χ1n) is 8.74. The Morgan fingerprint density at radius 2 is 2.07 bits per heavy atom. The molecule has 0 saturated heterocycles. The van der Waals surface area contributed by atoms with Gasteiger partial charge in [-0.2, -0.15) is 0 Å². The number of carbonyl (C=O) groups excluding carboxylic acids is 2. The second-order valence-corrected chi connectivity index (χ2v) is 6.87. The van der Waals surface area contributed by atoms with Crippen molar-refractivity contribution in [3.8, 4) is 0 Å². The van der Waals surface area contributed by atoms with Crippen LogP contribution in [0.5, 0.6) is 0 Å². The molecule has 146 valence electrons. The van der Waals surface area contributed by atoms with Gasteiger partial charge in [-0.1, -0.05) is 36.9 Å². The first-order valence-corrected chi connectivity index (χ1v) is 9.73. The highest BCUT2D eigenvalue weighted by Crippen LogP contribution is 2.21. The number of fused-ring (bicyclic) bond motifs is 3. The predicted octanol–water partition coefficient (Wildman–Crippen LogP) is 1.56. The van der Waals surface area contributed by atoms with Gasteiger partial charge in [-0.3, -0.25) is 23.9 Å². The van der Waals surface area contributed by atoms with Crippen LogP contribution in [0.15, 0.2) is 46.9 Å². The van der Waals surface area contributed by atoms with Crippen molar-refractivity contribution in [3.63, 3.8) is 0 Å². The van der Waals surface area contributed by atoms with Crippen LogP contribution in [0.2, 0.25) is 0 Å². The molecule has 1 aromatic carbocycles. The molecule has 0 atom stereocenters. The van der Waals surface area contributed by atoms with Gasteiger partial charge in [0.2, 0.25) is 11.7 Å². The average molecular weight is 400 g/mol. The predicted molar refractivity (Wildman–Crippen MR) is 108 cm³/mol. The number of carbonyl (C=O) groups is 2. The fourth-order valence-corrected chi connectivity index (χ4v) is 3.49. The highest BCUT2D eigenvalue weighted by molar-refractivity contribution is 7.99. The summed E-state index contributed by atoms with van der Waals surface area (Å²) in [5.74, 6) is -0.0598. The summed E-state index contributed by atoms with van der Waals surface area (Å²) in [5, 5.41) is 14.0. The van der Waals surface area contributed by atoms with Crippen molar-refractivity contribution in [1.29, 1.82) is 0 Å². The van der Waals surface area contributed by atoms with E-state index in [0.29, 0.717) is 28.4 Å². The molecule has 3 rings (SSSR count). The molecule has 0 aliphatic heterocycles. The number of hydrogen-bond acceptors (Lipinski definition) is 6. The molecular formula is C18H20N6O3S. The first-order chi connectivity index (χ1) is 13.6. The Bertz CT molecular complexity index is 1100. The smallest absolute Gasteiger partial charge is 0.321 e. The molecule has 28 heavy (non-hydrogen) atoms. The van der Waals surface area contributed by atoms with E-state index >= 15 is 0 Å². The number of nitrogens with one attached hydrogen (secondary N) is 2. The van der Waals surface area contributed by atoms with E-state index in [4.69, 9.17) is 0 Å². The molecule has 0 aliphatic rings. The van der Waals surface area contributed by atoms with Crippen molar-refractivity contribution in [2.24, 2.45) is 0 Å². The number of aromatic nitrogens is 4. The van der Waals surface area contributed by atoms with Crippen molar-refractivity contribution in [2.75, 3.05) is 12.3 Å². The fourth-order valence-electron chi connectivity index (χ4n) is 2.75. The zero-order valence-corrected chi connectivity index (χ0v) is 16.2. The topological polar surface area (TPSA) is 110 Å². The van der Waals surface area contributed by atoms with Crippen LogP contribution in [0.3, 0.4) is 0 Å². The second-order valence-electron chi connectivity index (χ2n) is 5.93. The molecule has 3 amide bonds. The Hall–Kier alpha value is -3.14. The number of rotatable bonds is 7. The lowest BCUT2D eigenvalue weighted by Gasteiger charge is -2.10. The van der Waals surface area contributed by atoms with E-state index in [1.54, 1.807) is 21.1 Å². The van der Waals surface area contributed by atoms with E-state index in [1.165, 1.54) is 6.08 Å². The lowest BCUT2D eigenvalue weighted by Crippen LogP contribution is -2.40. The van der Waals surface area contributed by atoms with Gasteiger partial charge in [0.15, 0.2) is 5.16 Å². The zero-order chi connectivity index (χ0) is 20.1. The lowest BCUT2D eigenvalue weighted by atomic mass is 10.2. The van der Waals surface area contributed by atoms with Crippen LogP contribution in [-0.2, 0) is 11.3 Å². The van der Waals surface area contributed by atoms with Gasteiger partial charge in [0.25, 0.3) is 5.56 Å². The first kappa shape index (κ1) is 19.6. The summed E-state index contributed by atoms with van der Waals surface area (Å²) >= 11 is 1.14. The summed E-state index contributed by atoms with van der Waals surface area (Å²) in [4.78, 5) is 36.3. The third-order valence-corrected chi connectivity index (χ3v) is 4.85. The molecule has 2 heterocycles. The maximum absolute atomic E-state index is 12.8. The summed E-state index contributed by atoms with van der Waals surface area (Å²) < 4.78 is 3.35. The highest BCUT2D eigenvalue weighted by atomic mass is 32.2.